The number of hydrogen-bond acceptors (Lipinski definition) is 3. The lowest BCUT2D eigenvalue weighted by atomic mass is 9.80. The second kappa shape index (κ2) is 8.01. The van der Waals surface area contributed by atoms with E-state index in [4.69, 9.17) is 9.16 Å². The van der Waals surface area contributed by atoms with Gasteiger partial charge in [0.1, 0.15) is 6.10 Å². The number of hydrogen-bond donors (Lipinski definition) is 0. The molecule has 0 radical (unpaired) electrons. The summed E-state index contributed by atoms with van der Waals surface area (Å²) >= 11 is 0. The second-order valence-electron chi connectivity index (χ2n) is 7.77. The molecule has 0 aliphatic carbocycles. The maximum absolute atomic E-state index is 11.6. The standard InChI is InChI=1S/C19H32O3Si/c1-11-15(3)19(7,8)16(13-14-17(20)21-12-2)22-23(9,10)18(4,5)6/h16H,1,12H2,2-10H3. The largest absolute Gasteiger partial charge is 0.456 e. The first-order valence-electron chi connectivity index (χ1n) is 8.02. The highest BCUT2D eigenvalue weighted by Crippen LogP contribution is 2.41. The molecule has 1 unspecified atom stereocenters. The third-order valence-corrected chi connectivity index (χ3v) is 9.12. The minimum atomic E-state index is -2.04. The van der Waals surface area contributed by atoms with Crippen LogP contribution in [-0.4, -0.2) is 27.0 Å². The van der Waals surface area contributed by atoms with E-state index in [1.54, 1.807) is 6.92 Å². The zero-order valence-electron chi connectivity index (χ0n) is 16.2. The molecular weight excluding hydrogens is 304 g/mol. The van der Waals surface area contributed by atoms with E-state index in [9.17, 15) is 4.79 Å². The van der Waals surface area contributed by atoms with Gasteiger partial charge in [-0.2, -0.15) is 0 Å². The smallest absolute Gasteiger partial charge is 0.384 e. The van der Waals surface area contributed by atoms with Crippen molar-refractivity contribution in [2.75, 3.05) is 6.61 Å². The summed E-state index contributed by atoms with van der Waals surface area (Å²) in [6.07, 6.45) is -0.415. The SMILES string of the molecule is C=C=C(C)C(C)(C)C(C#CC(=O)OCC)O[Si](C)(C)C(C)(C)C. The first-order chi connectivity index (χ1) is 10.3. The molecule has 0 heterocycles. The van der Waals surface area contributed by atoms with Crippen molar-refractivity contribution in [3.8, 4) is 11.8 Å². The fourth-order valence-electron chi connectivity index (χ4n) is 1.54. The predicted octanol–water partition coefficient (Wildman–Crippen LogP) is 4.70. The third-order valence-electron chi connectivity index (χ3n) is 4.69. The third kappa shape index (κ3) is 6.03. The quantitative estimate of drug-likeness (QED) is 0.240. The molecule has 0 aliphatic heterocycles. The minimum Gasteiger partial charge on any atom is -0.456 e. The van der Waals surface area contributed by atoms with Crippen LogP contribution in [0.5, 0.6) is 0 Å². The lowest BCUT2D eigenvalue weighted by Gasteiger charge is -2.42. The van der Waals surface area contributed by atoms with Crippen LogP contribution in [0, 0.1) is 17.3 Å². The van der Waals surface area contributed by atoms with Crippen molar-refractivity contribution < 1.29 is 14.0 Å². The Balaban J connectivity index is 5.75. The van der Waals surface area contributed by atoms with Gasteiger partial charge in [-0.25, -0.2) is 4.79 Å². The first kappa shape index (κ1) is 21.7. The molecule has 0 aromatic heterocycles. The van der Waals surface area contributed by atoms with Gasteiger partial charge in [0, 0.05) is 11.3 Å². The predicted molar refractivity (Wildman–Crippen MR) is 98.6 cm³/mol. The van der Waals surface area contributed by atoms with Crippen molar-refractivity contribution in [1.29, 1.82) is 0 Å². The van der Waals surface area contributed by atoms with E-state index in [0.29, 0.717) is 6.61 Å². The molecule has 3 nitrogen and oxygen atoms in total. The number of carbonyl (C=O) groups excluding carboxylic acids is 1. The highest BCUT2D eigenvalue weighted by molar-refractivity contribution is 6.74. The van der Waals surface area contributed by atoms with Gasteiger partial charge >= 0.3 is 5.97 Å². The Labute approximate surface area is 143 Å². The molecule has 130 valence electrons. The lowest BCUT2D eigenvalue weighted by molar-refractivity contribution is -0.136. The zero-order valence-corrected chi connectivity index (χ0v) is 17.2. The highest BCUT2D eigenvalue weighted by atomic mass is 28.4. The van der Waals surface area contributed by atoms with Crippen LogP contribution in [0.3, 0.4) is 0 Å². The maximum atomic E-state index is 11.6. The Bertz CT molecular complexity index is 535. The number of carbonyl (C=O) groups is 1. The Hall–Kier alpha value is -1.27. The molecular formula is C19H32O3Si. The molecule has 0 aromatic carbocycles. The van der Waals surface area contributed by atoms with Crippen molar-refractivity contribution in [3.05, 3.63) is 17.9 Å². The Morgan fingerprint density at radius 3 is 2.13 bits per heavy atom. The number of ether oxygens (including phenoxy) is 1. The highest BCUT2D eigenvalue weighted by Gasteiger charge is 2.43. The van der Waals surface area contributed by atoms with Crippen molar-refractivity contribution in [1.82, 2.24) is 0 Å². The molecule has 0 saturated heterocycles. The number of esters is 1. The minimum absolute atomic E-state index is 0.0543. The lowest BCUT2D eigenvalue weighted by Crippen LogP contribution is -2.47. The van der Waals surface area contributed by atoms with E-state index in [0.717, 1.165) is 5.57 Å². The van der Waals surface area contributed by atoms with Gasteiger partial charge < -0.3 is 9.16 Å². The molecule has 0 amide bonds. The van der Waals surface area contributed by atoms with E-state index in [2.05, 4.69) is 58.0 Å². The van der Waals surface area contributed by atoms with Crippen LogP contribution < -0.4 is 0 Å². The molecule has 1 atom stereocenters. The molecule has 4 heteroatoms. The molecule has 0 spiro atoms. The van der Waals surface area contributed by atoms with Crippen molar-refractivity contribution >= 4 is 14.3 Å². The molecule has 0 N–H and O–H groups in total. The van der Waals surface area contributed by atoms with Crippen LogP contribution in [0.2, 0.25) is 18.1 Å². The van der Waals surface area contributed by atoms with E-state index < -0.39 is 25.8 Å². The van der Waals surface area contributed by atoms with E-state index in [-0.39, 0.29) is 5.04 Å². The summed E-state index contributed by atoms with van der Waals surface area (Å²) in [7, 11) is -2.04. The Kier molecular flexibility index (Phi) is 7.57. The summed E-state index contributed by atoms with van der Waals surface area (Å²) < 4.78 is 11.4. The zero-order chi connectivity index (χ0) is 18.5. The fraction of sp³-hybridized carbons (Fsp3) is 0.684. The van der Waals surface area contributed by atoms with Crippen LogP contribution in [0.4, 0.5) is 0 Å². The molecule has 23 heavy (non-hydrogen) atoms. The summed E-state index contributed by atoms with van der Waals surface area (Å²) in [5.41, 5.74) is 3.51. The van der Waals surface area contributed by atoms with Gasteiger partial charge in [-0.05, 0) is 37.6 Å². The van der Waals surface area contributed by atoms with Crippen molar-refractivity contribution in [2.24, 2.45) is 5.41 Å². The van der Waals surface area contributed by atoms with Gasteiger partial charge in [0.05, 0.1) is 6.61 Å². The van der Waals surface area contributed by atoms with Gasteiger partial charge in [0.15, 0.2) is 8.32 Å². The van der Waals surface area contributed by atoms with Gasteiger partial charge in [0.2, 0.25) is 0 Å². The Morgan fingerprint density at radius 1 is 1.22 bits per heavy atom. The van der Waals surface area contributed by atoms with Crippen LogP contribution in [-0.2, 0) is 14.0 Å². The average molecular weight is 337 g/mol. The van der Waals surface area contributed by atoms with E-state index in [1.807, 2.05) is 20.8 Å². The first-order valence-corrected chi connectivity index (χ1v) is 10.9. The summed E-state index contributed by atoms with van der Waals surface area (Å²) in [6, 6.07) is 0. The fourth-order valence-corrected chi connectivity index (χ4v) is 2.84. The molecule has 0 aliphatic rings. The summed E-state index contributed by atoms with van der Waals surface area (Å²) in [6.45, 7) is 22.7. The molecule has 0 aromatic rings. The van der Waals surface area contributed by atoms with Crippen LogP contribution in [0.15, 0.2) is 17.9 Å². The average Bonchev–Trinajstić information content (AvgIpc) is 2.41. The number of rotatable bonds is 5. The van der Waals surface area contributed by atoms with Gasteiger partial charge in [-0.3, -0.25) is 0 Å². The van der Waals surface area contributed by atoms with Crippen LogP contribution in [0.1, 0.15) is 48.5 Å². The summed E-state index contributed by atoms with van der Waals surface area (Å²) in [5, 5.41) is 0.0543. The normalized spacial score (nSPS) is 13.4. The molecule has 0 bridgehead atoms. The Morgan fingerprint density at radius 2 is 1.74 bits per heavy atom. The van der Waals surface area contributed by atoms with E-state index in [1.165, 1.54) is 0 Å². The van der Waals surface area contributed by atoms with E-state index >= 15 is 0 Å². The molecule has 0 rings (SSSR count). The monoisotopic (exact) mass is 336 g/mol. The van der Waals surface area contributed by atoms with Crippen molar-refractivity contribution in [2.45, 2.75) is 72.7 Å². The van der Waals surface area contributed by atoms with Gasteiger partial charge in [-0.15, -0.1) is 5.73 Å². The second-order valence-corrected chi connectivity index (χ2v) is 12.5. The van der Waals surface area contributed by atoms with Crippen molar-refractivity contribution in [3.63, 3.8) is 0 Å². The molecule has 0 saturated carbocycles. The van der Waals surface area contributed by atoms with Gasteiger partial charge in [-0.1, -0.05) is 47.1 Å². The van der Waals surface area contributed by atoms with Gasteiger partial charge in [0.25, 0.3) is 0 Å². The summed E-state index contributed by atoms with van der Waals surface area (Å²) in [5.74, 6) is 5.03. The maximum Gasteiger partial charge on any atom is 0.384 e. The molecule has 0 fully saturated rings. The topological polar surface area (TPSA) is 35.5 Å². The van der Waals surface area contributed by atoms with Crippen LogP contribution in [0.25, 0.3) is 0 Å². The van der Waals surface area contributed by atoms with Crippen LogP contribution >= 0.6 is 0 Å². The summed E-state index contributed by atoms with van der Waals surface area (Å²) in [4.78, 5) is 11.6.